The van der Waals surface area contributed by atoms with Gasteiger partial charge in [0, 0.05) is 10.8 Å². The molecular weight excluding hydrogens is 617 g/mol. The smallest absolute Gasteiger partial charge is 0.0922 e. The van der Waals surface area contributed by atoms with Gasteiger partial charge in [-0.1, -0.05) is 136 Å². The molecule has 2 saturated heterocycles. The SMILES string of the molecule is Cc1ccc(-c2ccc(-c3ccc(C4(c5ccc6c(c5)C(C)(C)c5cc(C7(C)CCC[N+](C)(C)C7)ccc5-6)CCC[N+](C)(C)C4)cc3)cc2)cc1. The van der Waals surface area contributed by atoms with Crippen molar-refractivity contribution in [3.8, 4) is 33.4 Å². The highest BCUT2D eigenvalue weighted by Gasteiger charge is 2.46. The van der Waals surface area contributed by atoms with E-state index in [2.05, 4.69) is 165 Å². The molecule has 0 amide bonds. The summed E-state index contributed by atoms with van der Waals surface area (Å²) in [6.07, 6.45) is 4.99. The van der Waals surface area contributed by atoms with Gasteiger partial charge in [-0.3, -0.25) is 0 Å². The molecule has 2 fully saturated rings. The summed E-state index contributed by atoms with van der Waals surface area (Å²) in [5.41, 5.74) is 16.9. The van der Waals surface area contributed by atoms with Gasteiger partial charge in [0.2, 0.25) is 0 Å². The van der Waals surface area contributed by atoms with E-state index in [1.807, 2.05) is 0 Å². The number of hydrogen-bond donors (Lipinski definition) is 0. The van der Waals surface area contributed by atoms with Crippen molar-refractivity contribution in [2.75, 3.05) is 54.4 Å². The van der Waals surface area contributed by atoms with Gasteiger partial charge in [0.25, 0.3) is 0 Å². The summed E-state index contributed by atoms with van der Waals surface area (Å²) >= 11 is 0. The Morgan fingerprint density at radius 1 is 0.471 bits per heavy atom. The van der Waals surface area contributed by atoms with Crippen molar-refractivity contribution in [2.45, 2.75) is 69.6 Å². The number of aryl methyl sites for hydroxylation is 1. The molecule has 8 rings (SSSR count). The maximum Gasteiger partial charge on any atom is 0.0922 e. The Morgan fingerprint density at radius 2 is 0.902 bits per heavy atom. The van der Waals surface area contributed by atoms with Gasteiger partial charge in [-0.25, -0.2) is 0 Å². The minimum absolute atomic E-state index is 0.0281. The standard InChI is InChI=1S/C49H58N2/c1-35-11-13-36(14-12-35)37-15-17-38(18-16-37)39-19-21-40(22-20-39)49(28-10-30-51(7,8)34-49)42-24-26-44-43-25-23-41(31-45(43)47(2,3)46(44)32-42)48(4)27-9-29-50(5,6)33-48/h11-26,31-32H,9-10,27-30,33-34H2,1-8H3/q+2. The third-order valence-electron chi connectivity index (χ3n) is 13.3. The molecule has 51 heavy (non-hydrogen) atoms. The first kappa shape index (κ1) is 34.1. The second-order valence-corrected chi connectivity index (χ2v) is 18.7. The fourth-order valence-corrected chi connectivity index (χ4v) is 10.6. The summed E-state index contributed by atoms with van der Waals surface area (Å²) in [6.45, 7) is 14.4. The van der Waals surface area contributed by atoms with Crippen LogP contribution in [-0.2, 0) is 16.2 Å². The van der Waals surface area contributed by atoms with Crippen LogP contribution in [0.3, 0.4) is 0 Å². The summed E-state index contributed by atoms with van der Waals surface area (Å²) in [4.78, 5) is 0. The maximum absolute atomic E-state index is 2.63. The largest absolute Gasteiger partial charge is 0.328 e. The van der Waals surface area contributed by atoms with Gasteiger partial charge in [0.15, 0.2) is 0 Å². The van der Waals surface area contributed by atoms with Gasteiger partial charge in [-0.05, 0) is 93.8 Å². The van der Waals surface area contributed by atoms with Crippen molar-refractivity contribution < 1.29 is 8.97 Å². The zero-order chi connectivity index (χ0) is 35.8. The van der Waals surface area contributed by atoms with Crippen LogP contribution in [0.5, 0.6) is 0 Å². The van der Waals surface area contributed by atoms with Crippen LogP contribution in [0.4, 0.5) is 0 Å². The van der Waals surface area contributed by atoms with E-state index in [1.165, 1.54) is 112 Å². The molecule has 0 saturated carbocycles. The first-order valence-electron chi connectivity index (χ1n) is 19.4. The molecular formula is C49H58N2+2. The molecule has 2 heterocycles. The predicted molar refractivity (Wildman–Crippen MR) is 216 cm³/mol. The van der Waals surface area contributed by atoms with Crippen molar-refractivity contribution in [1.29, 1.82) is 0 Å². The van der Waals surface area contributed by atoms with Crippen LogP contribution in [-0.4, -0.2) is 63.3 Å². The summed E-state index contributed by atoms with van der Waals surface area (Å²) < 4.78 is 2.15. The fourth-order valence-electron chi connectivity index (χ4n) is 10.6. The molecule has 5 aromatic carbocycles. The van der Waals surface area contributed by atoms with Gasteiger partial charge in [-0.2, -0.15) is 0 Å². The third kappa shape index (κ3) is 5.99. The second kappa shape index (κ2) is 12.0. The number of nitrogens with zero attached hydrogens (tertiary/aromatic N) is 2. The van der Waals surface area contributed by atoms with Crippen molar-refractivity contribution in [3.63, 3.8) is 0 Å². The molecule has 262 valence electrons. The van der Waals surface area contributed by atoms with E-state index in [0.29, 0.717) is 0 Å². The number of quaternary nitrogens is 2. The van der Waals surface area contributed by atoms with E-state index in [0.717, 1.165) is 15.5 Å². The lowest BCUT2D eigenvalue weighted by atomic mass is 9.67. The number of fused-ring (bicyclic) bond motifs is 3. The Bertz CT molecular complexity index is 2080. The molecule has 3 aliphatic rings. The van der Waals surface area contributed by atoms with Crippen LogP contribution in [0, 0.1) is 6.92 Å². The Kier molecular flexibility index (Phi) is 8.06. The van der Waals surface area contributed by atoms with Gasteiger partial charge >= 0.3 is 0 Å². The van der Waals surface area contributed by atoms with E-state index >= 15 is 0 Å². The molecule has 2 atom stereocenters. The lowest BCUT2D eigenvalue weighted by Crippen LogP contribution is -2.55. The molecule has 2 heteroatoms. The van der Waals surface area contributed by atoms with Crippen molar-refractivity contribution in [3.05, 3.63) is 143 Å². The Labute approximate surface area is 308 Å². The van der Waals surface area contributed by atoms with E-state index in [4.69, 9.17) is 0 Å². The average Bonchev–Trinajstić information content (AvgIpc) is 3.33. The van der Waals surface area contributed by atoms with E-state index in [1.54, 1.807) is 0 Å². The van der Waals surface area contributed by atoms with Crippen LogP contribution in [0.2, 0.25) is 0 Å². The summed E-state index contributed by atoms with van der Waals surface area (Å²) in [5, 5.41) is 0. The molecule has 0 N–H and O–H groups in total. The maximum atomic E-state index is 2.63. The lowest BCUT2D eigenvalue weighted by Gasteiger charge is -2.47. The van der Waals surface area contributed by atoms with Crippen LogP contribution in [0.25, 0.3) is 33.4 Å². The number of piperidine rings is 2. The fraction of sp³-hybridized carbons (Fsp3) is 0.388. The minimum atomic E-state index is -0.0408. The van der Waals surface area contributed by atoms with Crippen LogP contribution >= 0.6 is 0 Å². The number of benzene rings is 5. The van der Waals surface area contributed by atoms with E-state index in [9.17, 15) is 0 Å². The number of likely N-dealkylation sites (N-methyl/N-ethyl adjacent to an activating group) is 2. The normalized spacial score (nSPS) is 24.5. The lowest BCUT2D eigenvalue weighted by molar-refractivity contribution is -0.899. The monoisotopic (exact) mass is 674 g/mol. The summed E-state index contributed by atoms with van der Waals surface area (Å²) in [7, 11) is 9.67. The topological polar surface area (TPSA) is 0 Å². The number of rotatable bonds is 5. The Morgan fingerprint density at radius 3 is 1.43 bits per heavy atom. The number of likely N-dealkylation sites (tertiary alicyclic amines) is 2. The number of hydrogen-bond acceptors (Lipinski definition) is 0. The molecule has 5 aromatic rings. The summed E-state index contributed by atoms with van der Waals surface area (Å²) in [6, 6.07) is 42.6. The molecule has 1 aliphatic carbocycles. The molecule has 2 nitrogen and oxygen atoms in total. The predicted octanol–water partition coefficient (Wildman–Crippen LogP) is 10.9. The van der Waals surface area contributed by atoms with Crippen molar-refractivity contribution in [1.82, 2.24) is 0 Å². The molecule has 0 spiro atoms. The zero-order valence-corrected chi connectivity index (χ0v) is 32.4. The Balaban J connectivity index is 1.14. The molecule has 2 aliphatic heterocycles. The van der Waals surface area contributed by atoms with Crippen molar-refractivity contribution in [2.24, 2.45) is 0 Å². The Hall–Kier alpha value is -3.98. The third-order valence-corrected chi connectivity index (χ3v) is 13.3. The second-order valence-electron chi connectivity index (χ2n) is 18.7. The van der Waals surface area contributed by atoms with Crippen molar-refractivity contribution >= 4 is 0 Å². The minimum Gasteiger partial charge on any atom is -0.328 e. The zero-order valence-electron chi connectivity index (χ0n) is 32.4. The van der Waals surface area contributed by atoms with Gasteiger partial charge in [0.1, 0.15) is 0 Å². The quantitative estimate of drug-likeness (QED) is 0.163. The highest BCUT2D eigenvalue weighted by molar-refractivity contribution is 5.82. The summed E-state index contributed by atoms with van der Waals surface area (Å²) in [5.74, 6) is 0. The average molecular weight is 675 g/mol. The van der Waals surface area contributed by atoms with Crippen LogP contribution in [0.1, 0.15) is 79.8 Å². The van der Waals surface area contributed by atoms with Gasteiger partial charge < -0.3 is 8.97 Å². The van der Waals surface area contributed by atoms with E-state index < -0.39 is 0 Å². The first-order chi connectivity index (χ1) is 24.2. The van der Waals surface area contributed by atoms with Gasteiger partial charge in [-0.15, -0.1) is 0 Å². The molecule has 0 bridgehead atoms. The highest BCUT2D eigenvalue weighted by Crippen LogP contribution is 2.53. The van der Waals surface area contributed by atoms with E-state index in [-0.39, 0.29) is 16.2 Å². The van der Waals surface area contributed by atoms with Crippen LogP contribution < -0.4 is 0 Å². The first-order valence-corrected chi connectivity index (χ1v) is 19.4. The highest BCUT2D eigenvalue weighted by atomic mass is 15.3. The molecule has 0 aromatic heterocycles. The van der Waals surface area contributed by atoms with Crippen LogP contribution in [0.15, 0.2) is 109 Å². The van der Waals surface area contributed by atoms with Gasteiger partial charge in [0.05, 0.1) is 59.8 Å². The molecule has 2 unspecified atom stereocenters. The molecule has 0 radical (unpaired) electrons.